The summed E-state index contributed by atoms with van der Waals surface area (Å²) in [6.07, 6.45) is -4.49. The van der Waals surface area contributed by atoms with Crippen LogP contribution in [0.3, 0.4) is 0 Å². The van der Waals surface area contributed by atoms with Crippen LogP contribution in [0.15, 0.2) is 42.5 Å². The summed E-state index contributed by atoms with van der Waals surface area (Å²) in [6.45, 7) is 0. The zero-order valence-electron chi connectivity index (χ0n) is 11.0. The van der Waals surface area contributed by atoms with E-state index in [0.29, 0.717) is 11.4 Å². The minimum absolute atomic E-state index is 0.0322. The third kappa shape index (κ3) is 3.08. The Morgan fingerprint density at radius 2 is 1.86 bits per heavy atom. The molecule has 2 aromatic rings. The monoisotopic (exact) mass is 292 g/mol. The minimum atomic E-state index is -4.49. The maximum absolute atomic E-state index is 12.7. The van der Waals surface area contributed by atoms with Crippen LogP contribution in [0.2, 0.25) is 0 Å². The molecule has 0 aromatic heterocycles. The van der Waals surface area contributed by atoms with Gasteiger partial charge in [-0.05, 0) is 30.3 Å². The number of aromatic hydroxyl groups is 1. The van der Waals surface area contributed by atoms with Gasteiger partial charge in [-0.15, -0.1) is 0 Å². The average molecular weight is 292 g/mol. The van der Waals surface area contributed by atoms with Crippen LogP contribution in [0.1, 0.15) is 11.1 Å². The summed E-state index contributed by atoms with van der Waals surface area (Å²) < 4.78 is 38.0. The lowest BCUT2D eigenvalue weighted by Crippen LogP contribution is -2.12. The molecule has 0 spiro atoms. The van der Waals surface area contributed by atoms with Crippen molar-refractivity contribution in [1.29, 1.82) is 5.26 Å². The van der Waals surface area contributed by atoms with E-state index in [-0.39, 0.29) is 11.3 Å². The summed E-state index contributed by atoms with van der Waals surface area (Å²) in [4.78, 5) is 1.54. The van der Waals surface area contributed by atoms with Crippen LogP contribution in [0.5, 0.6) is 5.75 Å². The predicted molar refractivity (Wildman–Crippen MR) is 72.3 cm³/mol. The van der Waals surface area contributed by atoms with Crippen LogP contribution in [0, 0.1) is 11.3 Å². The molecular weight excluding hydrogens is 281 g/mol. The van der Waals surface area contributed by atoms with Crippen LogP contribution in [0.4, 0.5) is 24.5 Å². The SMILES string of the molecule is CN(c1cccc(O)c1)c1ccc(C(F)(F)F)cc1C#N. The highest BCUT2D eigenvalue weighted by molar-refractivity contribution is 5.70. The number of nitrogens with zero attached hydrogens (tertiary/aromatic N) is 2. The van der Waals surface area contributed by atoms with Crippen LogP contribution in [0.25, 0.3) is 0 Å². The van der Waals surface area contributed by atoms with Gasteiger partial charge in [0.15, 0.2) is 0 Å². The molecule has 2 aromatic carbocycles. The molecule has 2 rings (SSSR count). The fraction of sp³-hybridized carbons (Fsp3) is 0.133. The second kappa shape index (κ2) is 5.37. The van der Waals surface area contributed by atoms with E-state index in [1.54, 1.807) is 30.1 Å². The number of benzene rings is 2. The van der Waals surface area contributed by atoms with Gasteiger partial charge in [0.05, 0.1) is 16.8 Å². The van der Waals surface area contributed by atoms with E-state index in [9.17, 15) is 18.3 Å². The predicted octanol–water partition coefficient (Wildman–Crippen LogP) is 4.05. The van der Waals surface area contributed by atoms with Crippen LogP contribution in [-0.4, -0.2) is 12.2 Å². The summed E-state index contributed by atoms with van der Waals surface area (Å²) in [5, 5.41) is 18.5. The van der Waals surface area contributed by atoms with E-state index in [0.717, 1.165) is 12.1 Å². The Hall–Kier alpha value is -2.68. The van der Waals surface area contributed by atoms with Gasteiger partial charge >= 0.3 is 6.18 Å². The van der Waals surface area contributed by atoms with Crippen molar-refractivity contribution in [3.05, 3.63) is 53.6 Å². The smallest absolute Gasteiger partial charge is 0.416 e. The van der Waals surface area contributed by atoms with Gasteiger partial charge in [-0.3, -0.25) is 0 Å². The Morgan fingerprint density at radius 3 is 2.43 bits per heavy atom. The van der Waals surface area contributed by atoms with Gasteiger partial charge in [-0.1, -0.05) is 6.07 Å². The molecular formula is C15H11F3N2O. The summed E-state index contributed by atoms with van der Waals surface area (Å²) in [5.74, 6) is 0.0322. The topological polar surface area (TPSA) is 47.3 Å². The number of phenolic OH excluding ortho intramolecular Hbond substituents is 1. The van der Waals surface area contributed by atoms with Crippen LogP contribution in [-0.2, 0) is 6.18 Å². The zero-order chi connectivity index (χ0) is 15.6. The Bertz CT molecular complexity index is 705. The molecule has 0 heterocycles. The number of hydrogen-bond donors (Lipinski definition) is 1. The molecule has 21 heavy (non-hydrogen) atoms. The molecule has 0 saturated carbocycles. The lowest BCUT2D eigenvalue weighted by molar-refractivity contribution is -0.137. The second-order valence-corrected chi connectivity index (χ2v) is 4.42. The van der Waals surface area contributed by atoms with Crippen molar-refractivity contribution < 1.29 is 18.3 Å². The normalized spacial score (nSPS) is 11.0. The van der Waals surface area contributed by atoms with Gasteiger partial charge in [-0.25, -0.2) is 0 Å². The van der Waals surface area contributed by atoms with E-state index < -0.39 is 11.7 Å². The van der Waals surface area contributed by atoms with E-state index in [1.807, 2.05) is 0 Å². The fourth-order valence-electron chi connectivity index (χ4n) is 1.94. The van der Waals surface area contributed by atoms with Gasteiger partial charge < -0.3 is 10.0 Å². The molecule has 0 radical (unpaired) electrons. The molecule has 0 bridgehead atoms. The number of phenols is 1. The summed E-state index contributed by atoms with van der Waals surface area (Å²) in [7, 11) is 1.61. The molecule has 6 heteroatoms. The Morgan fingerprint density at radius 1 is 1.14 bits per heavy atom. The molecule has 0 aliphatic carbocycles. The Labute approximate surface area is 119 Å². The molecule has 0 aliphatic rings. The highest BCUT2D eigenvalue weighted by Gasteiger charge is 2.31. The number of halogens is 3. The van der Waals surface area contributed by atoms with Gasteiger partial charge in [-0.2, -0.15) is 18.4 Å². The van der Waals surface area contributed by atoms with Gasteiger partial charge in [0, 0.05) is 18.8 Å². The second-order valence-electron chi connectivity index (χ2n) is 4.42. The first-order valence-electron chi connectivity index (χ1n) is 5.97. The van der Waals surface area contributed by atoms with Crippen molar-refractivity contribution >= 4 is 11.4 Å². The largest absolute Gasteiger partial charge is 0.508 e. The zero-order valence-corrected chi connectivity index (χ0v) is 11.0. The van der Waals surface area contributed by atoms with Gasteiger partial charge in [0.1, 0.15) is 11.8 Å². The Kier molecular flexibility index (Phi) is 3.76. The maximum Gasteiger partial charge on any atom is 0.416 e. The number of nitriles is 1. The Balaban J connectivity index is 2.47. The third-order valence-corrected chi connectivity index (χ3v) is 3.02. The first kappa shape index (κ1) is 14.7. The first-order valence-corrected chi connectivity index (χ1v) is 5.97. The number of alkyl halides is 3. The summed E-state index contributed by atoms with van der Waals surface area (Å²) in [5.41, 5.74) is -0.0647. The fourth-order valence-corrected chi connectivity index (χ4v) is 1.94. The maximum atomic E-state index is 12.7. The molecule has 0 aliphatic heterocycles. The van der Waals surface area contributed by atoms with Crippen molar-refractivity contribution in [3.8, 4) is 11.8 Å². The van der Waals surface area contributed by atoms with Crippen molar-refractivity contribution in [1.82, 2.24) is 0 Å². The number of anilines is 2. The van der Waals surface area contributed by atoms with Crippen molar-refractivity contribution in [2.24, 2.45) is 0 Å². The standard InChI is InChI=1S/C15H11F3N2O/c1-20(12-3-2-4-13(21)8-12)14-6-5-11(15(16,17)18)7-10(14)9-19/h2-8,21H,1H3. The molecule has 0 saturated heterocycles. The van der Waals surface area contributed by atoms with Crippen molar-refractivity contribution in [2.45, 2.75) is 6.18 Å². The molecule has 0 atom stereocenters. The van der Waals surface area contributed by atoms with E-state index in [2.05, 4.69) is 0 Å². The number of rotatable bonds is 2. The molecule has 1 N–H and O–H groups in total. The van der Waals surface area contributed by atoms with Crippen LogP contribution >= 0.6 is 0 Å². The van der Waals surface area contributed by atoms with E-state index >= 15 is 0 Å². The lowest BCUT2D eigenvalue weighted by Gasteiger charge is -2.21. The van der Waals surface area contributed by atoms with E-state index in [4.69, 9.17) is 5.26 Å². The first-order chi connectivity index (χ1) is 9.82. The summed E-state index contributed by atoms with van der Waals surface area (Å²) in [6, 6.07) is 11.0. The molecule has 3 nitrogen and oxygen atoms in total. The molecule has 108 valence electrons. The highest BCUT2D eigenvalue weighted by Crippen LogP contribution is 2.34. The summed E-state index contributed by atoms with van der Waals surface area (Å²) >= 11 is 0. The van der Waals surface area contributed by atoms with Crippen molar-refractivity contribution in [2.75, 3.05) is 11.9 Å². The highest BCUT2D eigenvalue weighted by atomic mass is 19.4. The molecule has 0 fully saturated rings. The van der Waals surface area contributed by atoms with Gasteiger partial charge in [0.2, 0.25) is 0 Å². The average Bonchev–Trinajstić information content (AvgIpc) is 2.45. The molecule has 0 amide bonds. The van der Waals surface area contributed by atoms with Crippen molar-refractivity contribution in [3.63, 3.8) is 0 Å². The quantitative estimate of drug-likeness (QED) is 0.908. The van der Waals surface area contributed by atoms with E-state index in [1.165, 1.54) is 18.2 Å². The third-order valence-electron chi connectivity index (χ3n) is 3.02. The number of hydrogen-bond acceptors (Lipinski definition) is 3. The van der Waals surface area contributed by atoms with Gasteiger partial charge in [0.25, 0.3) is 0 Å². The molecule has 0 unspecified atom stereocenters. The lowest BCUT2D eigenvalue weighted by atomic mass is 10.1. The van der Waals surface area contributed by atoms with Crippen LogP contribution < -0.4 is 4.90 Å². The minimum Gasteiger partial charge on any atom is -0.508 e.